The molecule has 0 aliphatic heterocycles. The molecule has 1 aromatic heterocycles. The summed E-state index contributed by atoms with van der Waals surface area (Å²) in [5.74, 6) is 0.833. The van der Waals surface area contributed by atoms with Gasteiger partial charge in [-0.1, -0.05) is 0 Å². The molecule has 0 spiro atoms. The highest BCUT2D eigenvalue weighted by Crippen LogP contribution is 2.29. The van der Waals surface area contributed by atoms with Gasteiger partial charge in [-0.05, 0) is 42.8 Å². The van der Waals surface area contributed by atoms with E-state index in [1.54, 1.807) is 32.3 Å². The fourth-order valence-electron chi connectivity index (χ4n) is 2.06. The number of benzene rings is 1. The number of hydrogen-bond acceptors (Lipinski definition) is 6. The number of rotatable bonds is 8. The Labute approximate surface area is 166 Å². The average molecular weight is 410 g/mol. The van der Waals surface area contributed by atoms with Crippen molar-refractivity contribution in [1.29, 1.82) is 0 Å². The van der Waals surface area contributed by atoms with Crippen LogP contribution < -0.4 is 14.9 Å². The molecule has 0 unspecified atom stereocenters. The average Bonchev–Trinajstić information content (AvgIpc) is 2.67. The Morgan fingerprint density at radius 3 is 2.55 bits per heavy atom. The lowest BCUT2D eigenvalue weighted by molar-refractivity contribution is -0.137. The molecule has 0 bridgehead atoms. The maximum absolute atomic E-state index is 12.5. The van der Waals surface area contributed by atoms with Crippen molar-refractivity contribution in [1.82, 2.24) is 9.88 Å². The first-order valence-corrected chi connectivity index (χ1v) is 8.63. The van der Waals surface area contributed by atoms with Crippen molar-refractivity contribution in [3.63, 3.8) is 0 Å². The van der Waals surface area contributed by atoms with E-state index in [4.69, 9.17) is 9.47 Å². The van der Waals surface area contributed by atoms with Crippen molar-refractivity contribution in [3.05, 3.63) is 47.7 Å². The number of hydrazone groups is 1. The molecule has 10 heteroatoms. The van der Waals surface area contributed by atoms with Gasteiger partial charge in [-0.25, -0.2) is 4.98 Å². The van der Waals surface area contributed by atoms with Crippen LogP contribution in [0.15, 0.2) is 41.6 Å². The largest absolute Gasteiger partial charge is 0.490 e. The summed E-state index contributed by atoms with van der Waals surface area (Å²) in [7, 11) is 3.26. The number of carbonyl (C=O) groups is 1. The molecule has 1 aromatic carbocycles. The zero-order valence-electron chi connectivity index (χ0n) is 16.2. The third-order valence-corrected chi connectivity index (χ3v) is 3.60. The molecule has 0 radical (unpaired) electrons. The van der Waals surface area contributed by atoms with E-state index < -0.39 is 11.7 Å². The number of nitrogens with one attached hydrogen (secondary N) is 1. The number of amides is 1. The number of carbonyl (C=O) groups excluding carboxylic acids is 1. The number of alkyl halides is 3. The van der Waals surface area contributed by atoms with Gasteiger partial charge < -0.3 is 14.4 Å². The van der Waals surface area contributed by atoms with E-state index in [0.717, 1.165) is 12.3 Å². The quantitative estimate of drug-likeness (QED) is 0.533. The standard InChI is InChI=1S/C19H21F3N4O3/c1-4-28-16-9-13(5-7-15(16)29-12-18(27)26(2)3)10-24-25-17-8-6-14(11-23-17)19(20,21)22/h5-11H,4,12H2,1-3H3,(H,23,25)/b24-10+. The van der Waals surface area contributed by atoms with Crippen molar-refractivity contribution in [2.24, 2.45) is 5.10 Å². The van der Waals surface area contributed by atoms with E-state index in [1.165, 1.54) is 17.2 Å². The molecular formula is C19H21F3N4O3. The summed E-state index contributed by atoms with van der Waals surface area (Å²) in [4.78, 5) is 16.8. The predicted molar refractivity (Wildman–Crippen MR) is 102 cm³/mol. The fourth-order valence-corrected chi connectivity index (χ4v) is 2.06. The number of pyridine rings is 1. The maximum Gasteiger partial charge on any atom is 0.417 e. The Kier molecular flexibility index (Phi) is 7.40. The van der Waals surface area contributed by atoms with Gasteiger partial charge in [0.2, 0.25) is 0 Å². The molecule has 7 nitrogen and oxygen atoms in total. The minimum atomic E-state index is -4.44. The Hall–Kier alpha value is -3.30. The lowest BCUT2D eigenvalue weighted by Gasteiger charge is -2.14. The molecule has 0 aliphatic rings. The molecule has 2 rings (SSSR count). The van der Waals surface area contributed by atoms with Gasteiger partial charge >= 0.3 is 6.18 Å². The van der Waals surface area contributed by atoms with E-state index >= 15 is 0 Å². The molecule has 156 valence electrons. The third-order valence-electron chi connectivity index (χ3n) is 3.60. The van der Waals surface area contributed by atoms with Gasteiger partial charge in [0.1, 0.15) is 5.82 Å². The number of hydrogen-bond donors (Lipinski definition) is 1. The minimum absolute atomic E-state index is 0.123. The summed E-state index contributed by atoms with van der Waals surface area (Å²) in [6.45, 7) is 2.08. The fraction of sp³-hybridized carbons (Fsp3) is 0.316. The first-order chi connectivity index (χ1) is 13.7. The SMILES string of the molecule is CCOc1cc(/C=N/Nc2ccc(C(F)(F)F)cn2)ccc1OCC(=O)N(C)C. The Balaban J connectivity index is 2.04. The molecule has 0 aliphatic carbocycles. The third kappa shape index (κ3) is 6.66. The zero-order valence-corrected chi connectivity index (χ0v) is 16.2. The first kappa shape index (κ1) is 22.0. The second-order valence-corrected chi connectivity index (χ2v) is 6.02. The molecule has 0 saturated heterocycles. The van der Waals surface area contributed by atoms with Crippen molar-refractivity contribution >= 4 is 17.9 Å². The Morgan fingerprint density at radius 2 is 1.97 bits per heavy atom. The summed E-state index contributed by atoms with van der Waals surface area (Å²) >= 11 is 0. The highest BCUT2D eigenvalue weighted by atomic mass is 19.4. The summed E-state index contributed by atoms with van der Waals surface area (Å²) in [6, 6.07) is 7.11. The van der Waals surface area contributed by atoms with Gasteiger partial charge in [0.15, 0.2) is 18.1 Å². The summed E-state index contributed by atoms with van der Waals surface area (Å²) in [5, 5.41) is 3.96. The molecule has 1 heterocycles. The van der Waals surface area contributed by atoms with E-state index in [9.17, 15) is 18.0 Å². The molecule has 0 fully saturated rings. The van der Waals surface area contributed by atoms with Crippen molar-refractivity contribution < 1.29 is 27.4 Å². The molecule has 0 atom stereocenters. The number of nitrogens with zero attached hydrogens (tertiary/aromatic N) is 3. The molecular weight excluding hydrogens is 389 g/mol. The van der Waals surface area contributed by atoms with Crippen LogP contribution in [0.1, 0.15) is 18.1 Å². The number of halogens is 3. The van der Waals surface area contributed by atoms with Crippen LogP contribution in [-0.2, 0) is 11.0 Å². The summed E-state index contributed by atoms with van der Waals surface area (Å²) in [6.07, 6.45) is -2.26. The van der Waals surface area contributed by atoms with Crippen molar-refractivity contribution in [2.75, 3.05) is 32.7 Å². The number of anilines is 1. The minimum Gasteiger partial charge on any atom is -0.490 e. The van der Waals surface area contributed by atoms with Crippen LogP contribution in [0.25, 0.3) is 0 Å². The predicted octanol–water partition coefficient (Wildman–Crippen LogP) is 3.41. The molecule has 1 amide bonds. The van der Waals surface area contributed by atoms with Crippen LogP contribution in [0.3, 0.4) is 0 Å². The lowest BCUT2D eigenvalue weighted by atomic mass is 10.2. The zero-order chi connectivity index (χ0) is 21.4. The molecule has 1 N–H and O–H groups in total. The van der Waals surface area contributed by atoms with Gasteiger partial charge in [0, 0.05) is 20.3 Å². The van der Waals surface area contributed by atoms with Crippen molar-refractivity contribution in [2.45, 2.75) is 13.1 Å². The number of ether oxygens (including phenoxy) is 2. The smallest absolute Gasteiger partial charge is 0.417 e. The van der Waals surface area contributed by atoms with Crippen LogP contribution in [0.4, 0.5) is 19.0 Å². The van der Waals surface area contributed by atoms with Gasteiger partial charge in [0.25, 0.3) is 5.91 Å². The van der Waals surface area contributed by atoms with Gasteiger partial charge in [-0.3, -0.25) is 10.2 Å². The number of aromatic nitrogens is 1. The van der Waals surface area contributed by atoms with Gasteiger partial charge in [-0.15, -0.1) is 0 Å². The van der Waals surface area contributed by atoms with E-state index in [1.807, 2.05) is 6.92 Å². The van der Waals surface area contributed by atoms with Crippen LogP contribution >= 0.6 is 0 Å². The Bertz CT molecular complexity index is 853. The topological polar surface area (TPSA) is 76.0 Å². The first-order valence-electron chi connectivity index (χ1n) is 8.63. The lowest BCUT2D eigenvalue weighted by Crippen LogP contribution is -2.27. The van der Waals surface area contributed by atoms with Crippen LogP contribution in [0.5, 0.6) is 11.5 Å². The Morgan fingerprint density at radius 1 is 1.21 bits per heavy atom. The van der Waals surface area contributed by atoms with Gasteiger partial charge in [-0.2, -0.15) is 18.3 Å². The normalized spacial score (nSPS) is 11.4. The van der Waals surface area contributed by atoms with Crippen molar-refractivity contribution in [3.8, 4) is 11.5 Å². The maximum atomic E-state index is 12.5. The van der Waals surface area contributed by atoms with E-state index in [2.05, 4.69) is 15.5 Å². The number of likely N-dealkylation sites (N-methyl/N-ethyl adjacent to an activating group) is 1. The molecule has 29 heavy (non-hydrogen) atoms. The summed E-state index contributed by atoms with van der Waals surface area (Å²) in [5.41, 5.74) is 2.37. The second-order valence-electron chi connectivity index (χ2n) is 6.02. The second kappa shape index (κ2) is 9.76. The monoisotopic (exact) mass is 410 g/mol. The van der Waals surface area contributed by atoms with E-state index in [0.29, 0.717) is 23.7 Å². The summed E-state index contributed by atoms with van der Waals surface area (Å²) < 4.78 is 48.6. The molecule has 2 aromatic rings. The highest BCUT2D eigenvalue weighted by Gasteiger charge is 2.30. The van der Waals surface area contributed by atoms with E-state index in [-0.39, 0.29) is 18.3 Å². The van der Waals surface area contributed by atoms with Crippen LogP contribution in [0, 0.1) is 0 Å². The van der Waals surface area contributed by atoms with Crippen LogP contribution in [0.2, 0.25) is 0 Å². The van der Waals surface area contributed by atoms with Gasteiger partial charge in [0.05, 0.1) is 18.4 Å². The highest BCUT2D eigenvalue weighted by molar-refractivity contribution is 5.81. The van der Waals surface area contributed by atoms with Crippen LogP contribution in [-0.4, -0.2) is 49.3 Å². The molecule has 0 saturated carbocycles.